The molecule has 0 bridgehead atoms. The maximum atomic E-state index is 4.40. The lowest BCUT2D eigenvalue weighted by Crippen LogP contribution is -2.19. The van der Waals surface area contributed by atoms with Gasteiger partial charge in [-0.1, -0.05) is 163 Å². The SMILES string of the molecule is C=Cc1c2c3c(cc(C(C)(C)C)cc3c3ccc(-c4cccc(-c5cc(C(C)(C)C)cc6c5-c5ccc(C(C)(C)C)cc5C6(C)C)c4)cc13)C(C)C2C. The molecule has 0 heteroatoms. The second-order valence-corrected chi connectivity index (χ2v) is 20.0. The van der Waals surface area contributed by atoms with Crippen molar-refractivity contribution in [1.29, 1.82) is 0 Å². The molecule has 2 atom stereocenters. The summed E-state index contributed by atoms with van der Waals surface area (Å²) in [5.74, 6) is 0.915. The molecule has 2 aliphatic rings. The van der Waals surface area contributed by atoms with Gasteiger partial charge in [-0.25, -0.2) is 0 Å². The Hall–Kier alpha value is -4.42. The van der Waals surface area contributed by atoms with E-state index in [9.17, 15) is 0 Å². The summed E-state index contributed by atoms with van der Waals surface area (Å²) in [4.78, 5) is 0. The predicted octanol–water partition coefficient (Wildman–Crippen LogP) is 15.4. The molecule has 0 spiro atoms. The molecule has 0 radical (unpaired) electrons. The van der Waals surface area contributed by atoms with Gasteiger partial charge in [-0.2, -0.15) is 0 Å². The third-order valence-electron chi connectivity index (χ3n) is 13.1. The Morgan fingerprint density at radius 2 is 1.17 bits per heavy atom. The van der Waals surface area contributed by atoms with Gasteiger partial charge in [-0.3, -0.25) is 0 Å². The Labute approximate surface area is 319 Å². The van der Waals surface area contributed by atoms with Crippen LogP contribution in [-0.2, 0) is 21.7 Å². The smallest absolute Gasteiger partial charge is 0.0159 e. The maximum Gasteiger partial charge on any atom is 0.0159 e. The molecular formula is C53H58. The van der Waals surface area contributed by atoms with Gasteiger partial charge in [-0.05, 0) is 152 Å². The summed E-state index contributed by atoms with van der Waals surface area (Å²) in [6, 6.07) is 33.7. The maximum absolute atomic E-state index is 4.40. The fourth-order valence-electron chi connectivity index (χ4n) is 9.49. The predicted molar refractivity (Wildman–Crippen MR) is 233 cm³/mol. The first-order chi connectivity index (χ1) is 24.7. The molecule has 6 aromatic rings. The topological polar surface area (TPSA) is 0 Å². The molecule has 0 saturated carbocycles. The summed E-state index contributed by atoms with van der Waals surface area (Å²) >= 11 is 0. The molecule has 2 unspecified atom stereocenters. The highest BCUT2D eigenvalue weighted by Gasteiger charge is 2.39. The van der Waals surface area contributed by atoms with Crippen LogP contribution in [0.15, 0.2) is 91.5 Å². The van der Waals surface area contributed by atoms with Crippen molar-refractivity contribution < 1.29 is 0 Å². The lowest BCUT2D eigenvalue weighted by molar-refractivity contribution is 0.580. The van der Waals surface area contributed by atoms with Gasteiger partial charge in [0, 0.05) is 5.41 Å². The largest absolute Gasteiger partial charge is 0.0984 e. The number of hydrogen-bond donors (Lipinski definition) is 0. The van der Waals surface area contributed by atoms with Crippen LogP contribution in [0.4, 0.5) is 0 Å². The Morgan fingerprint density at radius 1 is 0.547 bits per heavy atom. The van der Waals surface area contributed by atoms with Crippen LogP contribution in [0, 0.1) is 0 Å². The first-order valence-electron chi connectivity index (χ1n) is 19.9. The van der Waals surface area contributed by atoms with E-state index in [1.165, 1.54) is 99.4 Å². The van der Waals surface area contributed by atoms with Crippen LogP contribution < -0.4 is 0 Å². The molecule has 0 aromatic heterocycles. The zero-order valence-corrected chi connectivity index (χ0v) is 34.5. The van der Waals surface area contributed by atoms with Crippen LogP contribution in [0.25, 0.3) is 61.0 Å². The molecule has 0 nitrogen and oxygen atoms in total. The normalized spacial score (nSPS) is 17.8. The van der Waals surface area contributed by atoms with E-state index in [2.05, 4.69) is 188 Å². The lowest BCUT2D eigenvalue weighted by atomic mass is 9.76. The van der Waals surface area contributed by atoms with Crippen molar-refractivity contribution in [1.82, 2.24) is 0 Å². The minimum Gasteiger partial charge on any atom is -0.0984 e. The molecule has 2 aliphatic carbocycles. The van der Waals surface area contributed by atoms with E-state index < -0.39 is 0 Å². The van der Waals surface area contributed by atoms with E-state index in [1.807, 2.05) is 0 Å². The molecule has 0 fully saturated rings. The third-order valence-corrected chi connectivity index (χ3v) is 13.1. The zero-order chi connectivity index (χ0) is 38.2. The molecule has 8 rings (SSSR count). The van der Waals surface area contributed by atoms with Gasteiger partial charge in [0.25, 0.3) is 0 Å². The van der Waals surface area contributed by atoms with Crippen LogP contribution in [0.3, 0.4) is 0 Å². The van der Waals surface area contributed by atoms with E-state index in [4.69, 9.17) is 0 Å². The minimum atomic E-state index is -0.0927. The van der Waals surface area contributed by atoms with Gasteiger partial charge in [0.1, 0.15) is 0 Å². The van der Waals surface area contributed by atoms with Gasteiger partial charge in [0.2, 0.25) is 0 Å². The van der Waals surface area contributed by atoms with E-state index in [0.29, 0.717) is 11.8 Å². The van der Waals surface area contributed by atoms with Crippen molar-refractivity contribution in [2.45, 2.75) is 124 Å². The first kappa shape index (κ1) is 35.6. The van der Waals surface area contributed by atoms with E-state index in [0.717, 1.165) is 0 Å². The monoisotopic (exact) mass is 694 g/mol. The van der Waals surface area contributed by atoms with Crippen molar-refractivity contribution in [3.63, 3.8) is 0 Å². The van der Waals surface area contributed by atoms with E-state index in [1.54, 1.807) is 0 Å². The summed E-state index contributed by atoms with van der Waals surface area (Å²) in [5, 5.41) is 5.49. The minimum absolute atomic E-state index is 0.0216. The summed E-state index contributed by atoms with van der Waals surface area (Å²) < 4.78 is 0. The van der Waals surface area contributed by atoms with Gasteiger partial charge in [0.05, 0.1) is 0 Å². The standard InChI is InChI=1S/C53H58/c1-15-38-43-24-33(19-21-39(43)44-27-36(51(7,8)9)25-41-30(2)31(3)47(38)49(41)44)32-17-16-18-34(23-32)42-26-37(52(10,11)12)29-46-48(42)40-22-20-35(50(4,5)6)28-45(40)53(46,13)14/h15-31H,1H2,2-14H3. The molecule has 0 amide bonds. The van der Waals surface area contributed by atoms with Crippen LogP contribution in [0.5, 0.6) is 0 Å². The fraction of sp³-hybridized carbons (Fsp3) is 0.358. The van der Waals surface area contributed by atoms with Gasteiger partial charge in [-0.15, -0.1) is 0 Å². The van der Waals surface area contributed by atoms with Crippen LogP contribution >= 0.6 is 0 Å². The molecule has 270 valence electrons. The average molecular weight is 695 g/mol. The highest BCUT2D eigenvalue weighted by molar-refractivity contribution is 6.16. The van der Waals surface area contributed by atoms with Crippen molar-refractivity contribution in [2.75, 3.05) is 0 Å². The lowest BCUT2D eigenvalue weighted by Gasteiger charge is -2.27. The Balaban J connectivity index is 1.35. The van der Waals surface area contributed by atoms with Crippen LogP contribution in [-0.4, -0.2) is 0 Å². The van der Waals surface area contributed by atoms with Crippen molar-refractivity contribution in [3.05, 3.63) is 136 Å². The third kappa shape index (κ3) is 5.38. The number of fused-ring (bicyclic) bond motifs is 5. The van der Waals surface area contributed by atoms with Gasteiger partial charge >= 0.3 is 0 Å². The van der Waals surface area contributed by atoms with Crippen molar-refractivity contribution in [2.24, 2.45) is 0 Å². The molecule has 0 heterocycles. The fourth-order valence-corrected chi connectivity index (χ4v) is 9.49. The highest BCUT2D eigenvalue weighted by atomic mass is 14.4. The van der Waals surface area contributed by atoms with Crippen LogP contribution in [0.1, 0.15) is 146 Å². The van der Waals surface area contributed by atoms with Crippen LogP contribution in [0.2, 0.25) is 0 Å². The Morgan fingerprint density at radius 3 is 1.83 bits per heavy atom. The summed E-state index contributed by atoms with van der Waals surface area (Å²) in [6.45, 7) is 35.1. The van der Waals surface area contributed by atoms with Gasteiger partial charge < -0.3 is 0 Å². The van der Waals surface area contributed by atoms with Crippen molar-refractivity contribution >= 4 is 27.6 Å². The Bertz CT molecular complexity index is 2510. The average Bonchev–Trinajstić information content (AvgIpc) is 3.49. The molecule has 53 heavy (non-hydrogen) atoms. The number of hydrogen-bond acceptors (Lipinski definition) is 0. The highest BCUT2D eigenvalue weighted by Crippen LogP contribution is 2.55. The number of rotatable bonds is 3. The zero-order valence-electron chi connectivity index (χ0n) is 34.5. The van der Waals surface area contributed by atoms with Crippen molar-refractivity contribution in [3.8, 4) is 33.4 Å². The molecule has 0 saturated heterocycles. The van der Waals surface area contributed by atoms with Gasteiger partial charge in [0.15, 0.2) is 0 Å². The number of benzene rings is 6. The quantitative estimate of drug-likeness (QED) is 0.162. The first-order valence-corrected chi connectivity index (χ1v) is 19.9. The second-order valence-electron chi connectivity index (χ2n) is 20.0. The molecule has 0 N–H and O–H groups in total. The second kappa shape index (κ2) is 11.5. The Kier molecular flexibility index (Phi) is 7.75. The van der Waals surface area contributed by atoms with E-state index in [-0.39, 0.29) is 21.7 Å². The summed E-state index contributed by atoms with van der Waals surface area (Å²) in [7, 11) is 0. The summed E-state index contributed by atoms with van der Waals surface area (Å²) in [6.07, 6.45) is 2.12. The molecular weight excluding hydrogens is 637 g/mol. The molecule has 6 aromatic carbocycles. The summed E-state index contributed by atoms with van der Waals surface area (Å²) in [5.41, 5.74) is 19.3. The van der Waals surface area contributed by atoms with E-state index >= 15 is 0 Å². The molecule has 0 aliphatic heterocycles.